The standard InChI is InChI=1S/C16H16Br2O3/c1-2-20-15-8-12(9-19)7-14(18)16(15)21-10-11-3-5-13(17)6-4-11/h3-8,19H,2,9-10H2,1H3. The molecule has 0 unspecified atom stereocenters. The van der Waals surface area contributed by atoms with Gasteiger partial charge >= 0.3 is 0 Å². The van der Waals surface area contributed by atoms with Gasteiger partial charge in [-0.25, -0.2) is 0 Å². The van der Waals surface area contributed by atoms with E-state index in [1.165, 1.54) is 0 Å². The third-order valence-electron chi connectivity index (χ3n) is 2.85. The molecule has 0 spiro atoms. The third-order valence-corrected chi connectivity index (χ3v) is 3.97. The molecule has 2 rings (SSSR count). The SMILES string of the molecule is CCOc1cc(CO)cc(Br)c1OCc1ccc(Br)cc1. The lowest BCUT2D eigenvalue weighted by Gasteiger charge is -2.15. The first-order valence-electron chi connectivity index (χ1n) is 6.57. The zero-order chi connectivity index (χ0) is 15.2. The highest BCUT2D eigenvalue weighted by atomic mass is 79.9. The summed E-state index contributed by atoms with van der Waals surface area (Å²) in [7, 11) is 0. The van der Waals surface area contributed by atoms with Crippen molar-refractivity contribution in [3.8, 4) is 11.5 Å². The molecule has 0 radical (unpaired) electrons. The molecular weight excluding hydrogens is 400 g/mol. The molecule has 2 aromatic rings. The van der Waals surface area contributed by atoms with Crippen molar-refractivity contribution in [2.45, 2.75) is 20.1 Å². The lowest BCUT2D eigenvalue weighted by Crippen LogP contribution is -2.01. The predicted molar refractivity (Wildman–Crippen MR) is 89.7 cm³/mol. The van der Waals surface area contributed by atoms with Gasteiger partial charge in [-0.2, -0.15) is 0 Å². The van der Waals surface area contributed by atoms with Crippen molar-refractivity contribution in [2.75, 3.05) is 6.61 Å². The lowest BCUT2D eigenvalue weighted by atomic mass is 10.2. The van der Waals surface area contributed by atoms with Gasteiger partial charge in [0.1, 0.15) is 6.61 Å². The van der Waals surface area contributed by atoms with Crippen molar-refractivity contribution in [2.24, 2.45) is 0 Å². The predicted octanol–water partition coefficient (Wildman–Crippen LogP) is 4.68. The van der Waals surface area contributed by atoms with E-state index >= 15 is 0 Å². The molecule has 0 amide bonds. The highest BCUT2D eigenvalue weighted by molar-refractivity contribution is 9.10. The fraction of sp³-hybridized carbons (Fsp3) is 0.250. The average molecular weight is 416 g/mol. The molecule has 0 saturated carbocycles. The quantitative estimate of drug-likeness (QED) is 0.744. The van der Waals surface area contributed by atoms with Crippen molar-refractivity contribution < 1.29 is 14.6 Å². The van der Waals surface area contributed by atoms with E-state index in [4.69, 9.17) is 9.47 Å². The smallest absolute Gasteiger partial charge is 0.175 e. The molecule has 0 heterocycles. The van der Waals surface area contributed by atoms with Gasteiger partial charge in [-0.05, 0) is 58.2 Å². The number of benzene rings is 2. The Morgan fingerprint density at radius 1 is 1.00 bits per heavy atom. The molecule has 1 N–H and O–H groups in total. The zero-order valence-electron chi connectivity index (χ0n) is 11.6. The van der Waals surface area contributed by atoms with Gasteiger partial charge in [-0.15, -0.1) is 0 Å². The Bertz CT molecular complexity index is 597. The van der Waals surface area contributed by atoms with Crippen LogP contribution in [0, 0.1) is 0 Å². The number of ether oxygens (including phenoxy) is 2. The second kappa shape index (κ2) is 7.82. The maximum Gasteiger partial charge on any atom is 0.175 e. The topological polar surface area (TPSA) is 38.7 Å². The van der Waals surface area contributed by atoms with Crippen molar-refractivity contribution in [3.63, 3.8) is 0 Å². The molecule has 0 aromatic heterocycles. The molecule has 112 valence electrons. The summed E-state index contributed by atoms with van der Waals surface area (Å²) >= 11 is 6.88. The van der Waals surface area contributed by atoms with Gasteiger partial charge in [0.25, 0.3) is 0 Å². The Labute approximate surface area is 141 Å². The Kier molecular flexibility index (Phi) is 6.08. The summed E-state index contributed by atoms with van der Waals surface area (Å²) in [5, 5.41) is 9.26. The van der Waals surface area contributed by atoms with E-state index in [9.17, 15) is 5.11 Å². The first kappa shape index (κ1) is 16.3. The second-order valence-electron chi connectivity index (χ2n) is 4.41. The van der Waals surface area contributed by atoms with E-state index in [0.29, 0.717) is 24.7 Å². The van der Waals surface area contributed by atoms with Crippen molar-refractivity contribution in [1.29, 1.82) is 0 Å². The first-order valence-corrected chi connectivity index (χ1v) is 8.16. The molecule has 21 heavy (non-hydrogen) atoms. The lowest BCUT2D eigenvalue weighted by molar-refractivity contribution is 0.262. The Balaban J connectivity index is 2.19. The summed E-state index contributed by atoms with van der Waals surface area (Å²) in [6.07, 6.45) is 0. The molecule has 0 aliphatic rings. The van der Waals surface area contributed by atoms with E-state index in [0.717, 1.165) is 20.1 Å². The van der Waals surface area contributed by atoms with Crippen LogP contribution >= 0.6 is 31.9 Å². The Hall–Kier alpha value is -1.04. The maximum atomic E-state index is 9.26. The number of rotatable bonds is 6. The van der Waals surface area contributed by atoms with Gasteiger partial charge in [0.15, 0.2) is 11.5 Å². The second-order valence-corrected chi connectivity index (χ2v) is 6.18. The van der Waals surface area contributed by atoms with Gasteiger partial charge in [-0.3, -0.25) is 0 Å². The summed E-state index contributed by atoms with van der Waals surface area (Å²) in [6.45, 7) is 2.87. The van der Waals surface area contributed by atoms with Crippen LogP contribution in [0.2, 0.25) is 0 Å². The van der Waals surface area contributed by atoms with Gasteiger partial charge in [0, 0.05) is 4.47 Å². The van der Waals surface area contributed by atoms with Crippen LogP contribution in [0.3, 0.4) is 0 Å². The molecular formula is C16H16Br2O3. The van der Waals surface area contributed by atoms with Crippen LogP contribution in [0.4, 0.5) is 0 Å². The van der Waals surface area contributed by atoms with Crippen LogP contribution in [0.5, 0.6) is 11.5 Å². The fourth-order valence-electron chi connectivity index (χ4n) is 1.85. The van der Waals surface area contributed by atoms with Crippen LogP contribution in [0.25, 0.3) is 0 Å². The van der Waals surface area contributed by atoms with Gasteiger partial charge < -0.3 is 14.6 Å². The molecule has 5 heteroatoms. The number of aliphatic hydroxyl groups is 1. The summed E-state index contributed by atoms with van der Waals surface area (Å²) in [4.78, 5) is 0. The van der Waals surface area contributed by atoms with Crippen molar-refractivity contribution >= 4 is 31.9 Å². The minimum atomic E-state index is -0.0360. The largest absolute Gasteiger partial charge is 0.490 e. The summed E-state index contributed by atoms with van der Waals surface area (Å²) in [6, 6.07) is 11.6. The molecule has 2 aromatic carbocycles. The van der Waals surface area contributed by atoms with E-state index in [-0.39, 0.29) is 6.61 Å². The van der Waals surface area contributed by atoms with E-state index in [2.05, 4.69) is 31.9 Å². The average Bonchev–Trinajstić information content (AvgIpc) is 2.48. The highest BCUT2D eigenvalue weighted by Gasteiger charge is 2.12. The maximum absolute atomic E-state index is 9.26. The summed E-state index contributed by atoms with van der Waals surface area (Å²) in [5.74, 6) is 1.28. The molecule has 0 saturated heterocycles. The van der Waals surface area contributed by atoms with Crippen LogP contribution in [0.15, 0.2) is 45.3 Å². The van der Waals surface area contributed by atoms with E-state index in [1.807, 2.05) is 37.3 Å². The van der Waals surface area contributed by atoms with Crippen molar-refractivity contribution in [3.05, 3.63) is 56.5 Å². The van der Waals surface area contributed by atoms with Crippen molar-refractivity contribution in [1.82, 2.24) is 0 Å². The molecule has 0 aliphatic carbocycles. The molecule has 0 atom stereocenters. The zero-order valence-corrected chi connectivity index (χ0v) is 14.8. The monoisotopic (exact) mass is 414 g/mol. The molecule has 0 aliphatic heterocycles. The molecule has 0 fully saturated rings. The summed E-state index contributed by atoms with van der Waals surface area (Å²) < 4.78 is 13.3. The minimum Gasteiger partial charge on any atom is -0.490 e. The fourth-order valence-corrected chi connectivity index (χ4v) is 2.72. The minimum absolute atomic E-state index is 0.0360. The summed E-state index contributed by atoms with van der Waals surface area (Å²) in [5.41, 5.74) is 1.85. The third kappa shape index (κ3) is 4.46. The molecule has 3 nitrogen and oxygen atoms in total. The van der Waals surface area contributed by atoms with Gasteiger partial charge in [0.2, 0.25) is 0 Å². The number of halogens is 2. The van der Waals surface area contributed by atoms with Crippen LogP contribution < -0.4 is 9.47 Å². The van der Waals surface area contributed by atoms with Crippen LogP contribution in [0.1, 0.15) is 18.1 Å². The Morgan fingerprint density at radius 3 is 2.33 bits per heavy atom. The number of aliphatic hydroxyl groups excluding tert-OH is 1. The number of hydrogen-bond donors (Lipinski definition) is 1. The Morgan fingerprint density at radius 2 is 1.71 bits per heavy atom. The highest BCUT2D eigenvalue weighted by Crippen LogP contribution is 2.37. The van der Waals surface area contributed by atoms with Gasteiger partial charge in [0.05, 0.1) is 17.7 Å². The van der Waals surface area contributed by atoms with E-state index in [1.54, 1.807) is 6.07 Å². The van der Waals surface area contributed by atoms with Gasteiger partial charge in [-0.1, -0.05) is 28.1 Å². The normalized spacial score (nSPS) is 10.5. The van der Waals surface area contributed by atoms with Crippen LogP contribution in [-0.2, 0) is 13.2 Å². The van der Waals surface area contributed by atoms with Crippen LogP contribution in [-0.4, -0.2) is 11.7 Å². The first-order chi connectivity index (χ1) is 10.1. The molecule has 0 bridgehead atoms. The van der Waals surface area contributed by atoms with E-state index < -0.39 is 0 Å². The number of hydrogen-bond acceptors (Lipinski definition) is 3.